The van der Waals surface area contributed by atoms with E-state index in [0.29, 0.717) is 24.3 Å². The number of benzene rings is 1. The van der Waals surface area contributed by atoms with Crippen LogP contribution in [0.3, 0.4) is 0 Å². The van der Waals surface area contributed by atoms with Crippen LogP contribution in [0.25, 0.3) is 0 Å². The first-order chi connectivity index (χ1) is 17.1. The van der Waals surface area contributed by atoms with E-state index in [4.69, 9.17) is 4.74 Å². The molecule has 1 aromatic rings. The van der Waals surface area contributed by atoms with Crippen LogP contribution in [0.1, 0.15) is 84.2 Å². The van der Waals surface area contributed by atoms with Gasteiger partial charge in [-0.3, -0.25) is 9.59 Å². The van der Waals surface area contributed by atoms with Crippen molar-refractivity contribution in [2.24, 2.45) is 0 Å². The molecule has 3 amide bonds. The Morgan fingerprint density at radius 2 is 1.89 bits per heavy atom. The quantitative estimate of drug-likeness (QED) is 0.323. The zero-order valence-electron chi connectivity index (χ0n) is 22.3. The van der Waals surface area contributed by atoms with Crippen molar-refractivity contribution in [1.82, 2.24) is 15.5 Å². The molecule has 0 radical (unpaired) electrons. The van der Waals surface area contributed by atoms with Crippen molar-refractivity contribution in [3.8, 4) is 5.75 Å². The van der Waals surface area contributed by atoms with E-state index in [1.54, 1.807) is 55.6 Å². The molecule has 1 aromatic carbocycles. The number of phenols is 1. The van der Waals surface area contributed by atoms with E-state index >= 15 is 0 Å². The predicted molar refractivity (Wildman–Crippen MR) is 144 cm³/mol. The molecule has 8 nitrogen and oxygen atoms in total. The number of unbranched alkanes of at least 4 members (excludes halogenated alkanes) is 2. The third-order valence-electron chi connectivity index (χ3n) is 6.16. The van der Waals surface area contributed by atoms with Gasteiger partial charge in [0.15, 0.2) is 0 Å². The number of hydrogen-bond donors (Lipinski definition) is 3. The number of para-hydroxylation sites is 1. The molecule has 202 valence electrons. The maximum Gasteiger partial charge on any atom is 0.408 e. The highest BCUT2D eigenvalue weighted by molar-refractivity contribution is 7.98. The molecule has 1 aliphatic rings. The second-order valence-electron chi connectivity index (χ2n) is 10.3. The number of alkyl carbamates (subject to hydrolysis) is 1. The van der Waals surface area contributed by atoms with Crippen LogP contribution in [0.4, 0.5) is 4.79 Å². The molecular weight excluding hydrogens is 478 g/mol. The maximum absolute atomic E-state index is 14.1. The SMILES string of the molecule is CCCCCNC(=O)C(c1ccccc1O)N(C(=O)C(CCSC)NC(=O)OC(C)(C)C)C1CCC1. The normalized spacial score (nSPS) is 15.4. The van der Waals surface area contributed by atoms with Crippen LogP contribution >= 0.6 is 11.8 Å². The van der Waals surface area contributed by atoms with Gasteiger partial charge in [0.2, 0.25) is 11.8 Å². The van der Waals surface area contributed by atoms with Crippen molar-refractivity contribution in [1.29, 1.82) is 0 Å². The minimum Gasteiger partial charge on any atom is -0.508 e. The first kappa shape index (κ1) is 29.8. The van der Waals surface area contributed by atoms with E-state index in [-0.39, 0.29) is 23.6 Å². The largest absolute Gasteiger partial charge is 0.508 e. The Morgan fingerprint density at radius 3 is 2.44 bits per heavy atom. The Balaban J connectivity index is 2.41. The van der Waals surface area contributed by atoms with Gasteiger partial charge in [0.1, 0.15) is 23.4 Å². The number of aromatic hydroxyl groups is 1. The first-order valence-corrected chi connectivity index (χ1v) is 14.3. The molecule has 0 bridgehead atoms. The number of ether oxygens (including phenoxy) is 1. The number of thioether (sulfide) groups is 1. The average molecular weight is 522 g/mol. The Kier molecular flexibility index (Phi) is 11.9. The molecule has 9 heteroatoms. The third kappa shape index (κ3) is 8.91. The zero-order chi connectivity index (χ0) is 26.7. The number of nitrogens with zero attached hydrogens (tertiary/aromatic N) is 1. The van der Waals surface area contributed by atoms with Gasteiger partial charge in [-0.1, -0.05) is 38.0 Å². The Labute approximate surface area is 219 Å². The molecule has 36 heavy (non-hydrogen) atoms. The molecular formula is C27H43N3O5S. The molecule has 0 aromatic heterocycles. The van der Waals surface area contributed by atoms with Gasteiger partial charge in [0, 0.05) is 18.2 Å². The summed E-state index contributed by atoms with van der Waals surface area (Å²) in [7, 11) is 0. The second-order valence-corrected chi connectivity index (χ2v) is 11.3. The number of nitrogens with one attached hydrogen (secondary N) is 2. The van der Waals surface area contributed by atoms with Gasteiger partial charge in [-0.2, -0.15) is 11.8 Å². The fourth-order valence-corrected chi connectivity index (χ4v) is 4.60. The fraction of sp³-hybridized carbons (Fsp3) is 0.667. The van der Waals surface area contributed by atoms with E-state index in [2.05, 4.69) is 17.6 Å². The second kappa shape index (κ2) is 14.4. The van der Waals surface area contributed by atoms with E-state index in [9.17, 15) is 19.5 Å². The number of rotatable bonds is 13. The summed E-state index contributed by atoms with van der Waals surface area (Å²) >= 11 is 1.57. The molecule has 1 fully saturated rings. The van der Waals surface area contributed by atoms with Crippen LogP contribution < -0.4 is 10.6 Å². The number of phenolic OH excluding ortho intramolecular Hbond substituents is 1. The highest BCUT2D eigenvalue weighted by Gasteiger charge is 2.42. The summed E-state index contributed by atoms with van der Waals surface area (Å²) in [4.78, 5) is 41.8. The van der Waals surface area contributed by atoms with E-state index in [1.165, 1.54) is 6.07 Å². The Bertz CT molecular complexity index is 869. The molecule has 2 unspecified atom stereocenters. The summed E-state index contributed by atoms with van der Waals surface area (Å²) in [5.74, 6) is -0.0516. The van der Waals surface area contributed by atoms with Crippen molar-refractivity contribution in [2.75, 3.05) is 18.6 Å². The van der Waals surface area contributed by atoms with Gasteiger partial charge in [-0.05, 0) is 71.0 Å². The monoisotopic (exact) mass is 521 g/mol. The Hall–Kier alpha value is -2.42. The van der Waals surface area contributed by atoms with Crippen molar-refractivity contribution < 1.29 is 24.2 Å². The highest BCUT2D eigenvalue weighted by atomic mass is 32.2. The molecule has 0 spiro atoms. The molecule has 1 aliphatic carbocycles. The zero-order valence-corrected chi connectivity index (χ0v) is 23.2. The van der Waals surface area contributed by atoms with Crippen LogP contribution in [-0.2, 0) is 14.3 Å². The van der Waals surface area contributed by atoms with E-state index in [1.807, 2.05) is 6.26 Å². The first-order valence-electron chi connectivity index (χ1n) is 12.9. The summed E-state index contributed by atoms with van der Waals surface area (Å²) in [6.45, 7) is 7.89. The molecule has 3 N–H and O–H groups in total. The van der Waals surface area contributed by atoms with Crippen molar-refractivity contribution in [3.63, 3.8) is 0 Å². The lowest BCUT2D eigenvalue weighted by molar-refractivity contribution is -0.147. The lowest BCUT2D eigenvalue weighted by Crippen LogP contribution is -2.57. The van der Waals surface area contributed by atoms with Crippen LogP contribution in [0.2, 0.25) is 0 Å². The summed E-state index contributed by atoms with van der Waals surface area (Å²) in [5.41, 5.74) is -0.326. The predicted octanol–water partition coefficient (Wildman–Crippen LogP) is 4.77. The summed E-state index contributed by atoms with van der Waals surface area (Å²) in [5, 5.41) is 16.4. The standard InChI is InChI=1S/C27H43N3O5S/c1-6-7-10-17-28-24(32)23(20-14-8-9-15-22(20)31)30(19-12-11-13-19)25(33)21(16-18-36-5)29-26(34)35-27(2,3)4/h8-9,14-15,19,21,23,31H,6-7,10-13,16-18H2,1-5H3,(H,28,32)(H,29,34). The van der Waals surface area contributed by atoms with Gasteiger partial charge >= 0.3 is 6.09 Å². The summed E-state index contributed by atoms with van der Waals surface area (Å²) in [6.07, 6.45) is 7.00. The van der Waals surface area contributed by atoms with Gasteiger partial charge in [-0.25, -0.2) is 4.79 Å². The summed E-state index contributed by atoms with van der Waals surface area (Å²) in [6, 6.07) is 4.65. The fourth-order valence-electron chi connectivity index (χ4n) is 4.13. The van der Waals surface area contributed by atoms with E-state index < -0.39 is 23.8 Å². The lowest BCUT2D eigenvalue weighted by Gasteiger charge is -2.43. The van der Waals surface area contributed by atoms with Gasteiger partial charge in [-0.15, -0.1) is 0 Å². The van der Waals surface area contributed by atoms with Gasteiger partial charge in [0.05, 0.1) is 0 Å². The number of carbonyl (C=O) groups excluding carboxylic acids is 3. The molecule has 1 saturated carbocycles. The molecule has 0 heterocycles. The number of amides is 3. The van der Waals surface area contributed by atoms with Crippen LogP contribution in [0.15, 0.2) is 24.3 Å². The van der Waals surface area contributed by atoms with Gasteiger partial charge in [0.25, 0.3) is 0 Å². The maximum atomic E-state index is 14.1. The topological polar surface area (TPSA) is 108 Å². The molecule has 2 rings (SSSR count). The smallest absolute Gasteiger partial charge is 0.408 e. The van der Waals surface area contributed by atoms with Crippen LogP contribution in [0, 0.1) is 0 Å². The van der Waals surface area contributed by atoms with Crippen molar-refractivity contribution in [3.05, 3.63) is 29.8 Å². The minimum atomic E-state index is -0.997. The van der Waals surface area contributed by atoms with Crippen molar-refractivity contribution in [2.45, 2.75) is 96.4 Å². The molecule has 2 atom stereocenters. The molecule has 0 aliphatic heterocycles. The van der Waals surface area contributed by atoms with Gasteiger partial charge < -0.3 is 25.4 Å². The number of carbonyl (C=O) groups is 3. The average Bonchev–Trinajstić information content (AvgIpc) is 2.77. The summed E-state index contributed by atoms with van der Waals surface area (Å²) < 4.78 is 5.42. The minimum absolute atomic E-state index is 0.0379. The lowest BCUT2D eigenvalue weighted by atomic mass is 9.87. The third-order valence-corrected chi connectivity index (χ3v) is 6.80. The van der Waals surface area contributed by atoms with Crippen LogP contribution in [0.5, 0.6) is 5.75 Å². The van der Waals surface area contributed by atoms with E-state index in [0.717, 1.165) is 38.5 Å². The number of hydrogen-bond acceptors (Lipinski definition) is 6. The van der Waals surface area contributed by atoms with Crippen molar-refractivity contribution >= 4 is 29.7 Å². The van der Waals surface area contributed by atoms with Crippen LogP contribution in [-0.4, -0.2) is 64.2 Å². The Morgan fingerprint density at radius 1 is 1.19 bits per heavy atom. The highest BCUT2D eigenvalue weighted by Crippen LogP contribution is 2.36. The molecule has 0 saturated heterocycles.